The van der Waals surface area contributed by atoms with Crippen LogP contribution in [0.4, 0.5) is 0 Å². The van der Waals surface area contributed by atoms with Crippen LogP contribution in [0, 0.1) is 13.8 Å². The van der Waals surface area contributed by atoms with Crippen molar-refractivity contribution in [1.82, 2.24) is 0 Å². The lowest BCUT2D eigenvalue weighted by Gasteiger charge is -2.18. The molecule has 1 aromatic carbocycles. The highest BCUT2D eigenvalue weighted by atomic mass is 32.1. The standard InChI is InChI=1S/C15H17NOS/c1-9-7-10(2)18-15(9)14(16)12-8-17-13-6-4-3-5-11(12)13/h3-7,12,14H,8,16H2,1-2H3. The van der Waals surface area contributed by atoms with Crippen molar-refractivity contribution in [2.45, 2.75) is 25.8 Å². The number of ether oxygens (including phenoxy) is 1. The van der Waals surface area contributed by atoms with E-state index in [2.05, 4.69) is 32.0 Å². The fraction of sp³-hybridized carbons (Fsp3) is 0.333. The second-order valence-electron chi connectivity index (χ2n) is 4.89. The second-order valence-corrected chi connectivity index (χ2v) is 6.17. The van der Waals surface area contributed by atoms with Gasteiger partial charge in [0.25, 0.3) is 0 Å². The second kappa shape index (κ2) is 4.41. The van der Waals surface area contributed by atoms with Crippen LogP contribution >= 0.6 is 11.3 Å². The van der Waals surface area contributed by atoms with Crippen molar-refractivity contribution >= 4 is 11.3 Å². The summed E-state index contributed by atoms with van der Waals surface area (Å²) in [5.74, 6) is 1.27. The Balaban J connectivity index is 1.95. The Bertz CT molecular complexity index is 576. The highest BCUT2D eigenvalue weighted by Crippen LogP contribution is 2.42. The minimum absolute atomic E-state index is 0.0346. The molecule has 0 spiro atoms. The zero-order valence-corrected chi connectivity index (χ0v) is 11.5. The average molecular weight is 259 g/mol. The topological polar surface area (TPSA) is 35.2 Å². The van der Waals surface area contributed by atoms with Gasteiger partial charge in [-0.2, -0.15) is 0 Å². The number of rotatable bonds is 2. The van der Waals surface area contributed by atoms with Crippen LogP contribution in [-0.4, -0.2) is 6.61 Å². The number of hydrogen-bond donors (Lipinski definition) is 1. The van der Waals surface area contributed by atoms with E-state index in [1.807, 2.05) is 12.1 Å². The average Bonchev–Trinajstić information content (AvgIpc) is 2.92. The van der Waals surface area contributed by atoms with Gasteiger partial charge in [0.15, 0.2) is 0 Å². The van der Waals surface area contributed by atoms with Gasteiger partial charge in [0.2, 0.25) is 0 Å². The van der Waals surface area contributed by atoms with E-state index in [-0.39, 0.29) is 12.0 Å². The van der Waals surface area contributed by atoms with Gasteiger partial charge in [-0.1, -0.05) is 18.2 Å². The predicted molar refractivity (Wildman–Crippen MR) is 75.4 cm³/mol. The molecule has 0 radical (unpaired) electrons. The maximum atomic E-state index is 6.46. The number of nitrogens with two attached hydrogens (primary N) is 1. The molecule has 18 heavy (non-hydrogen) atoms. The summed E-state index contributed by atoms with van der Waals surface area (Å²) in [7, 11) is 0. The van der Waals surface area contributed by atoms with Gasteiger partial charge in [-0.15, -0.1) is 11.3 Å². The Kier molecular flexibility index (Phi) is 2.88. The molecule has 0 aliphatic carbocycles. The third-order valence-corrected chi connectivity index (χ3v) is 4.81. The van der Waals surface area contributed by atoms with Crippen molar-refractivity contribution in [1.29, 1.82) is 0 Å². The molecule has 3 heteroatoms. The molecule has 0 saturated carbocycles. The lowest BCUT2D eigenvalue weighted by Crippen LogP contribution is -2.20. The Labute approximate surface area is 111 Å². The normalized spacial score (nSPS) is 19.4. The van der Waals surface area contributed by atoms with Crippen LogP contribution in [0.1, 0.15) is 32.8 Å². The molecule has 1 aromatic heterocycles. The summed E-state index contributed by atoms with van der Waals surface area (Å²) in [6.45, 7) is 4.96. The lowest BCUT2D eigenvalue weighted by molar-refractivity contribution is 0.316. The maximum absolute atomic E-state index is 6.46. The first-order chi connectivity index (χ1) is 8.66. The van der Waals surface area contributed by atoms with Gasteiger partial charge in [-0.05, 0) is 31.5 Å². The van der Waals surface area contributed by atoms with E-state index < -0.39 is 0 Å². The van der Waals surface area contributed by atoms with E-state index >= 15 is 0 Å². The van der Waals surface area contributed by atoms with Gasteiger partial charge < -0.3 is 10.5 Å². The molecule has 3 rings (SSSR count). The number of fused-ring (bicyclic) bond motifs is 1. The van der Waals surface area contributed by atoms with Crippen LogP contribution in [-0.2, 0) is 0 Å². The number of thiophene rings is 1. The Morgan fingerprint density at radius 2 is 2.11 bits per heavy atom. The van der Waals surface area contributed by atoms with Crippen molar-refractivity contribution in [2.24, 2.45) is 5.73 Å². The van der Waals surface area contributed by atoms with Gasteiger partial charge in [0, 0.05) is 27.3 Å². The first kappa shape index (κ1) is 11.8. The van der Waals surface area contributed by atoms with Gasteiger partial charge in [0.05, 0.1) is 6.61 Å². The molecular formula is C15H17NOS. The molecule has 1 aliphatic heterocycles. The molecule has 94 valence electrons. The predicted octanol–water partition coefficient (Wildman–Crippen LogP) is 3.54. The van der Waals surface area contributed by atoms with Gasteiger partial charge in [0.1, 0.15) is 5.75 Å². The summed E-state index contributed by atoms with van der Waals surface area (Å²) in [6, 6.07) is 10.5. The third-order valence-electron chi connectivity index (χ3n) is 3.55. The fourth-order valence-corrected chi connectivity index (χ4v) is 3.76. The van der Waals surface area contributed by atoms with Crippen molar-refractivity contribution < 1.29 is 4.74 Å². The molecule has 2 N–H and O–H groups in total. The van der Waals surface area contributed by atoms with Gasteiger partial charge in [-0.25, -0.2) is 0 Å². The number of para-hydroxylation sites is 1. The molecule has 0 bridgehead atoms. The van der Waals surface area contributed by atoms with Crippen molar-refractivity contribution in [3.63, 3.8) is 0 Å². The zero-order chi connectivity index (χ0) is 12.7. The lowest BCUT2D eigenvalue weighted by atomic mass is 9.92. The molecule has 2 atom stereocenters. The number of hydrogen-bond acceptors (Lipinski definition) is 3. The Morgan fingerprint density at radius 1 is 1.33 bits per heavy atom. The SMILES string of the molecule is Cc1cc(C)c(C(N)C2COc3ccccc32)s1. The molecule has 2 unspecified atom stereocenters. The molecule has 0 saturated heterocycles. The minimum atomic E-state index is 0.0346. The van der Waals surface area contributed by atoms with Crippen LogP contribution in [0.5, 0.6) is 5.75 Å². The van der Waals surface area contributed by atoms with Crippen LogP contribution in [0.25, 0.3) is 0 Å². The molecule has 2 nitrogen and oxygen atoms in total. The molecule has 1 aliphatic rings. The first-order valence-corrected chi connectivity index (χ1v) is 7.02. The quantitative estimate of drug-likeness (QED) is 0.895. The van der Waals surface area contributed by atoms with E-state index in [1.165, 1.54) is 20.9 Å². The van der Waals surface area contributed by atoms with Gasteiger partial charge >= 0.3 is 0 Å². The Morgan fingerprint density at radius 3 is 2.83 bits per heavy atom. The molecular weight excluding hydrogens is 242 g/mol. The molecule has 0 fully saturated rings. The van der Waals surface area contributed by atoms with Crippen molar-refractivity contribution in [3.8, 4) is 5.75 Å². The first-order valence-electron chi connectivity index (χ1n) is 6.21. The summed E-state index contributed by atoms with van der Waals surface area (Å²) in [5.41, 5.74) is 9.01. The summed E-state index contributed by atoms with van der Waals surface area (Å²) in [6.07, 6.45) is 0. The summed E-state index contributed by atoms with van der Waals surface area (Å²) < 4.78 is 5.72. The molecule has 2 heterocycles. The van der Waals surface area contributed by atoms with Crippen molar-refractivity contribution in [3.05, 3.63) is 51.2 Å². The largest absolute Gasteiger partial charge is 0.493 e. The summed E-state index contributed by atoms with van der Waals surface area (Å²) in [4.78, 5) is 2.61. The minimum Gasteiger partial charge on any atom is -0.493 e. The third kappa shape index (κ3) is 1.84. The van der Waals surface area contributed by atoms with Crippen LogP contribution in [0.2, 0.25) is 0 Å². The Hall–Kier alpha value is -1.32. The van der Waals surface area contributed by atoms with Crippen LogP contribution in [0.15, 0.2) is 30.3 Å². The number of benzene rings is 1. The highest BCUT2D eigenvalue weighted by molar-refractivity contribution is 7.12. The summed E-state index contributed by atoms with van der Waals surface area (Å²) in [5, 5.41) is 0. The fourth-order valence-electron chi connectivity index (χ4n) is 2.66. The molecule has 2 aromatic rings. The van der Waals surface area contributed by atoms with Crippen LogP contribution in [0.3, 0.4) is 0 Å². The van der Waals surface area contributed by atoms with Crippen LogP contribution < -0.4 is 10.5 Å². The van der Waals surface area contributed by atoms with E-state index in [4.69, 9.17) is 10.5 Å². The number of aryl methyl sites for hydroxylation is 2. The monoisotopic (exact) mass is 259 g/mol. The molecule has 0 amide bonds. The van der Waals surface area contributed by atoms with Crippen molar-refractivity contribution in [2.75, 3.05) is 6.61 Å². The van der Waals surface area contributed by atoms with E-state index in [0.29, 0.717) is 6.61 Å². The van der Waals surface area contributed by atoms with Gasteiger partial charge in [-0.3, -0.25) is 0 Å². The highest BCUT2D eigenvalue weighted by Gasteiger charge is 2.31. The summed E-state index contributed by atoms with van der Waals surface area (Å²) >= 11 is 1.80. The van der Waals surface area contributed by atoms with E-state index in [0.717, 1.165) is 5.75 Å². The van der Waals surface area contributed by atoms with E-state index in [9.17, 15) is 0 Å². The maximum Gasteiger partial charge on any atom is 0.122 e. The zero-order valence-electron chi connectivity index (χ0n) is 10.6. The van der Waals surface area contributed by atoms with E-state index in [1.54, 1.807) is 11.3 Å². The smallest absolute Gasteiger partial charge is 0.122 e.